The average molecular weight is 233 g/mol. The fraction of sp³-hybridized carbons (Fsp3) is 0. The van der Waals surface area contributed by atoms with Crippen molar-refractivity contribution in [1.29, 1.82) is 0 Å². The minimum atomic E-state index is -0.458. The molecule has 1 aromatic carbocycles. The largest absolute Gasteiger partial charge is 0.292 e. The topological polar surface area (TPSA) is 87.8 Å². The van der Waals surface area contributed by atoms with E-state index in [4.69, 9.17) is 5.21 Å². The molecule has 0 aliphatic heterocycles. The molecule has 1 rings (SSSR count). The van der Waals surface area contributed by atoms with Crippen molar-refractivity contribution in [2.75, 3.05) is 0 Å². The van der Waals surface area contributed by atoms with Crippen molar-refractivity contribution in [3.8, 4) is 0 Å². The van der Waals surface area contributed by atoms with Crippen LogP contribution in [0.4, 0.5) is 11.4 Å². The van der Waals surface area contributed by atoms with Gasteiger partial charge in [0.05, 0.1) is 10.6 Å². The minimum absolute atomic E-state index is 0.0384. The number of aliphatic imine (C=N–C) groups is 1. The first-order valence-electron chi connectivity index (χ1n) is 4.74. The Morgan fingerprint density at radius 1 is 1.24 bits per heavy atom. The van der Waals surface area contributed by atoms with E-state index in [0.717, 1.165) is 0 Å². The normalized spacial score (nSPS) is 11.6. The summed E-state index contributed by atoms with van der Waals surface area (Å²) in [6.45, 7) is 0. The SMILES string of the molecule is O=[N+]([O-])c1ccc(N=C/C=C/C=C/NO)cc1. The highest BCUT2D eigenvalue weighted by Gasteiger charge is 2.02. The Morgan fingerprint density at radius 3 is 2.53 bits per heavy atom. The second kappa shape index (κ2) is 6.91. The number of hydrogen-bond donors (Lipinski definition) is 2. The Kier molecular flexibility index (Phi) is 5.12. The van der Waals surface area contributed by atoms with Crippen LogP contribution in [0.1, 0.15) is 0 Å². The molecule has 0 aromatic heterocycles. The molecule has 6 nitrogen and oxygen atoms in total. The highest BCUT2D eigenvalue weighted by atomic mass is 16.6. The molecular weight excluding hydrogens is 222 g/mol. The number of nitro benzene ring substituents is 1. The Bertz CT molecular complexity index is 450. The van der Waals surface area contributed by atoms with E-state index in [2.05, 4.69) is 4.99 Å². The molecule has 0 radical (unpaired) electrons. The number of rotatable bonds is 5. The lowest BCUT2D eigenvalue weighted by atomic mass is 10.3. The summed E-state index contributed by atoms with van der Waals surface area (Å²) in [6, 6.07) is 5.92. The first-order valence-corrected chi connectivity index (χ1v) is 4.74. The Morgan fingerprint density at radius 2 is 1.94 bits per heavy atom. The third-order valence-corrected chi connectivity index (χ3v) is 1.76. The number of hydrogen-bond acceptors (Lipinski definition) is 5. The average Bonchev–Trinajstić information content (AvgIpc) is 2.34. The van der Waals surface area contributed by atoms with Gasteiger partial charge in [-0.3, -0.25) is 25.8 Å². The van der Waals surface area contributed by atoms with Crippen LogP contribution in [-0.2, 0) is 0 Å². The Hall–Kier alpha value is -2.47. The van der Waals surface area contributed by atoms with Crippen LogP contribution in [-0.4, -0.2) is 16.3 Å². The van der Waals surface area contributed by atoms with E-state index in [-0.39, 0.29) is 5.69 Å². The summed E-state index contributed by atoms with van der Waals surface area (Å²) in [5.41, 5.74) is 2.52. The van der Waals surface area contributed by atoms with Gasteiger partial charge in [0.2, 0.25) is 0 Å². The second-order valence-electron chi connectivity index (χ2n) is 2.92. The van der Waals surface area contributed by atoms with Crippen LogP contribution in [0.15, 0.2) is 53.7 Å². The predicted molar refractivity (Wildman–Crippen MR) is 64.5 cm³/mol. The van der Waals surface area contributed by atoms with Gasteiger partial charge in [-0.15, -0.1) is 0 Å². The van der Waals surface area contributed by atoms with Crippen LogP contribution in [0, 0.1) is 10.1 Å². The number of non-ortho nitro benzene ring substituents is 1. The monoisotopic (exact) mass is 233 g/mol. The van der Waals surface area contributed by atoms with Crippen LogP contribution < -0.4 is 5.48 Å². The maximum Gasteiger partial charge on any atom is 0.269 e. The van der Waals surface area contributed by atoms with Gasteiger partial charge in [0.1, 0.15) is 0 Å². The zero-order valence-corrected chi connectivity index (χ0v) is 8.85. The molecule has 0 bridgehead atoms. The molecule has 88 valence electrons. The molecule has 0 spiro atoms. The maximum absolute atomic E-state index is 10.4. The molecule has 0 atom stereocenters. The number of benzene rings is 1. The van der Waals surface area contributed by atoms with E-state index < -0.39 is 4.92 Å². The van der Waals surface area contributed by atoms with E-state index >= 15 is 0 Å². The lowest BCUT2D eigenvalue weighted by Crippen LogP contribution is -1.91. The molecule has 0 saturated heterocycles. The minimum Gasteiger partial charge on any atom is -0.292 e. The van der Waals surface area contributed by atoms with Gasteiger partial charge in [0, 0.05) is 24.5 Å². The summed E-state index contributed by atoms with van der Waals surface area (Å²) >= 11 is 0. The first-order chi connectivity index (χ1) is 8.24. The van der Waals surface area contributed by atoms with E-state index in [1.54, 1.807) is 36.6 Å². The van der Waals surface area contributed by atoms with Crippen LogP contribution in [0.25, 0.3) is 0 Å². The van der Waals surface area contributed by atoms with E-state index in [0.29, 0.717) is 5.69 Å². The van der Waals surface area contributed by atoms with Gasteiger partial charge in [-0.05, 0) is 24.3 Å². The fourth-order valence-corrected chi connectivity index (χ4v) is 1.00. The molecule has 0 saturated carbocycles. The molecule has 0 unspecified atom stereocenters. The molecule has 6 heteroatoms. The zero-order chi connectivity index (χ0) is 12.5. The van der Waals surface area contributed by atoms with Crippen LogP contribution in [0.2, 0.25) is 0 Å². The summed E-state index contributed by atoms with van der Waals surface area (Å²) in [4.78, 5) is 14.0. The standard InChI is InChI=1S/C11H11N3O3/c15-13-9-3-1-2-8-12-10-4-6-11(7-5-10)14(16)17/h1-9,13,15H/b2-1+,9-3+,12-8?. The number of nitrogens with one attached hydrogen (secondary N) is 1. The van der Waals surface area contributed by atoms with Crippen molar-refractivity contribution >= 4 is 17.6 Å². The molecular formula is C11H11N3O3. The summed E-state index contributed by atoms with van der Waals surface area (Å²) in [5, 5.41) is 18.6. The number of allylic oxidation sites excluding steroid dienone is 3. The van der Waals surface area contributed by atoms with Crippen molar-refractivity contribution < 1.29 is 10.1 Å². The lowest BCUT2D eigenvalue weighted by Gasteiger charge is -1.92. The highest BCUT2D eigenvalue weighted by molar-refractivity contribution is 5.74. The molecule has 0 fully saturated rings. The summed E-state index contributed by atoms with van der Waals surface area (Å²) < 4.78 is 0. The number of hydroxylamine groups is 1. The molecule has 17 heavy (non-hydrogen) atoms. The lowest BCUT2D eigenvalue weighted by molar-refractivity contribution is -0.384. The molecule has 1 aromatic rings. The summed E-state index contributed by atoms with van der Waals surface area (Å²) in [5.74, 6) is 0. The van der Waals surface area contributed by atoms with Gasteiger partial charge >= 0.3 is 0 Å². The smallest absolute Gasteiger partial charge is 0.269 e. The van der Waals surface area contributed by atoms with Crippen molar-refractivity contribution in [2.24, 2.45) is 4.99 Å². The highest BCUT2D eigenvalue weighted by Crippen LogP contribution is 2.17. The van der Waals surface area contributed by atoms with E-state index in [1.807, 2.05) is 5.48 Å². The van der Waals surface area contributed by atoms with Gasteiger partial charge in [0.25, 0.3) is 5.69 Å². The summed E-state index contributed by atoms with van der Waals surface area (Å²) in [6.07, 6.45) is 7.80. The Labute approximate surface area is 97.7 Å². The van der Waals surface area contributed by atoms with Gasteiger partial charge in [-0.1, -0.05) is 6.08 Å². The van der Waals surface area contributed by atoms with Crippen LogP contribution in [0.5, 0.6) is 0 Å². The van der Waals surface area contributed by atoms with Crippen molar-refractivity contribution in [2.45, 2.75) is 0 Å². The van der Waals surface area contributed by atoms with E-state index in [1.165, 1.54) is 18.3 Å². The van der Waals surface area contributed by atoms with Gasteiger partial charge in [0.15, 0.2) is 0 Å². The molecule has 0 aliphatic carbocycles. The quantitative estimate of drug-likeness (QED) is 0.353. The van der Waals surface area contributed by atoms with Crippen molar-refractivity contribution in [1.82, 2.24) is 5.48 Å². The molecule has 0 aliphatic rings. The molecule has 0 amide bonds. The molecule has 2 N–H and O–H groups in total. The third kappa shape index (κ3) is 4.72. The van der Waals surface area contributed by atoms with Gasteiger partial charge < -0.3 is 0 Å². The van der Waals surface area contributed by atoms with E-state index in [9.17, 15) is 10.1 Å². The van der Waals surface area contributed by atoms with Gasteiger partial charge in [-0.2, -0.15) is 0 Å². The third-order valence-electron chi connectivity index (χ3n) is 1.76. The van der Waals surface area contributed by atoms with Crippen LogP contribution in [0.3, 0.4) is 0 Å². The predicted octanol–water partition coefficient (Wildman–Crippen LogP) is 2.35. The van der Waals surface area contributed by atoms with Crippen LogP contribution >= 0.6 is 0 Å². The fourth-order valence-electron chi connectivity index (χ4n) is 1.00. The zero-order valence-electron chi connectivity index (χ0n) is 8.85. The second-order valence-corrected chi connectivity index (χ2v) is 2.92. The first kappa shape index (κ1) is 12.6. The van der Waals surface area contributed by atoms with Gasteiger partial charge in [-0.25, -0.2) is 0 Å². The van der Waals surface area contributed by atoms with Crippen molar-refractivity contribution in [3.05, 3.63) is 58.8 Å². The van der Waals surface area contributed by atoms with Crippen molar-refractivity contribution in [3.63, 3.8) is 0 Å². The maximum atomic E-state index is 10.4. The molecule has 0 heterocycles. The Balaban J connectivity index is 2.57. The summed E-state index contributed by atoms with van der Waals surface area (Å²) in [7, 11) is 0. The number of nitrogens with zero attached hydrogens (tertiary/aromatic N) is 2. The number of nitro groups is 1.